The number of nitrogens with zero attached hydrogens (tertiary/aromatic N) is 3. The van der Waals surface area contributed by atoms with Gasteiger partial charge in [0.2, 0.25) is 0 Å². The number of fused-ring (bicyclic) bond motifs is 1. The Balaban J connectivity index is 1.59. The smallest absolute Gasteiger partial charge is 0.191 e. The number of thioether (sulfide) groups is 1. The van der Waals surface area contributed by atoms with Gasteiger partial charge in [-0.1, -0.05) is 37.4 Å². The summed E-state index contributed by atoms with van der Waals surface area (Å²) in [5.74, 6) is 3.18. The molecule has 1 saturated carbocycles. The minimum absolute atomic E-state index is 0.619. The normalized spacial score (nSPS) is 21.8. The van der Waals surface area contributed by atoms with E-state index < -0.39 is 0 Å². The van der Waals surface area contributed by atoms with Crippen LogP contribution in [0.1, 0.15) is 57.2 Å². The molecule has 5 heteroatoms. The average molecular weight is 308 g/mol. The molecule has 1 aromatic heterocycles. The van der Waals surface area contributed by atoms with Crippen LogP contribution < -0.4 is 5.32 Å². The first kappa shape index (κ1) is 15.3. The number of hydrogen-bond acceptors (Lipinski definition) is 4. The van der Waals surface area contributed by atoms with Crippen molar-refractivity contribution in [3.63, 3.8) is 0 Å². The van der Waals surface area contributed by atoms with Crippen molar-refractivity contribution >= 4 is 11.8 Å². The number of aryl methyl sites for hydroxylation is 1. The van der Waals surface area contributed by atoms with Crippen molar-refractivity contribution in [3.05, 3.63) is 5.82 Å². The Labute approximate surface area is 132 Å². The maximum Gasteiger partial charge on any atom is 0.191 e. The first-order valence-electron chi connectivity index (χ1n) is 8.60. The van der Waals surface area contributed by atoms with E-state index in [9.17, 15) is 0 Å². The fourth-order valence-electron chi connectivity index (χ4n) is 3.72. The van der Waals surface area contributed by atoms with Crippen LogP contribution in [0, 0.1) is 5.92 Å². The molecule has 1 aromatic rings. The third-order valence-corrected chi connectivity index (χ3v) is 6.14. The molecule has 1 atom stereocenters. The highest BCUT2D eigenvalue weighted by Gasteiger charge is 2.23. The van der Waals surface area contributed by atoms with Gasteiger partial charge in [-0.25, -0.2) is 0 Å². The van der Waals surface area contributed by atoms with E-state index in [0.717, 1.165) is 29.8 Å². The second-order valence-electron chi connectivity index (χ2n) is 6.47. The molecule has 3 rings (SSSR count). The minimum atomic E-state index is 0.619. The lowest BCUT2D eigenvalue weighted by atomic mass is 9.84. The Morgan fingerprint density at radius 2 is 1.95 bits per heavy atom. The molecule has 118 valence electrons. The van der Waals surface area contributed by atoms with E-state index in [0.29, 0.717) is 6.04 Å². The molecule has 1 fully saturated rings. The monoisotopic (exact) mass is 308 g/mol. The van der Waals surface area contributed by atoms with Crippen LogP contribution in [0.2, 0.25) is 0 Å². The summed E-state index contributed by atoms with van der Waals surface area (Å²) in [5.41, 5.74) is 0. The van der Waals surface area contributed by atoms with Crippen molar-refractivity contribution in [1.29, 1.82) is 0 Å². The molecule has 0 spiro atoms. The molecule has 1 aliphatic heterocycles. The summed E-state index contributed by atoms with van der Waals surface area (Å²) in [6, 6.07) is 0.619. The van der Waals surface area contributed by atoms with Gasteiger partial charge < -0.3 is 9.88 Å². The van der Waals surface area contributed by atoms with Crippen molar-refractivity contribution in [2.24, 2.45) is 5.92 Å². The molecule has 0 bridgehead atoms. The average Bonchev–Trinajstić information content (AvgIpc) is 2.77. The first-order valence-corrected chi connectivity index (χ1v) is 9.59. The maximum atomic E-state index is 4.44. The van der Waals surface area contributed by atoms with Crippen molar-refractivity contribution in [2.75, 3.05) is 12.8 Å². The molecule has 2 aliphatic rings. The molecule has 4 nitrogen and oxygen atoms in total. The van der Waals surface area contributed by atoms with Gasteiger partial charge in [0.05, 0.1) is 0 Å². The predicted molar refractivity (Wildman–Crippen MR) is 87.7 cm³/mol. The van der Waals surface area contributed by atoms with Crippen molar-refractivity contribution in [1.82, 2.24) is 20.1 Å². The van der Waals surface area contributed by atoms with Gasteiger partial charge in [-0.3, -0.25) is 0 Å². The summed E-state index contributed by atoms with van der Waals surface area (Å²) in [4.78, 5) is 0. The van der Waals surface area contributed by atoms with Gasteiger partial charge in [0.15, 0.2) is 5.16 Å². The standard InChI is InChI=1S/C16H28N4S/c1-17-14(13-8-4-2-5-9-13)12-21-16-19-18-15-10-6-3-7-11-20(15)16/h13-14,17H,2-12H2,1H3. The lowest BCUT2D eigenvalue weighted by Gasteiger charge is -2.29. The fourth-order valence-corrected chi connectivity index (χ4v) is 4.94. The Bertz CT molecular complexity index is 439. The third-order valence-electron chi connectivity index (χ3n) is 5.06. The zero-order chi connectivity index (χ0) is 14.5. The van der Waals surface area contributed by atoms with Gasteiger partial charge in [-0.05, 0) is 38.6 Å². The quantitative estimate of drug-likeness (QED) is 0.848. The maximum absolute atomic E-state index is 4.44. The zero-order valence-electron chi connectivity index (χ0n) is 13.2. The Morgan fingerprint density at radius 3 is 2.76 bits per heavy atom. The summed E-state index contributed by atoms with van der Waals surface area (Å²) >= 11 is 1.90. The number of aromatic nitrogens is 3. The predicted octanol–water partition coefficient (Wildman–Crippen LogP) is 3.26. The second kappa shape index (κ2) is 7.63. The van der Waals surface area contributed by atoms with Crippen LogP contribution in [-0.2, 0) is 13.0 Å². The molecular formula is C16H28N4S. The van der Waals surface area contributed by atoms with E-state index >= 15 is 0 Å². The van der Waals surface area contributed by atoms with Crippen LogP contribution in [0.25, 0.3) is 0 Å². The van der Waals surface area contributed by atoms with E-state index in [1.165, 1.54) is 57.2 Å². The van der Waals surface area contributed by atoms with Gasteiger partial charge in [0, 0.05) is 24.8 Å². The Kier molecular flexibility index (Phi) is 5.58. The van der Waals surface area contributed by atoms with Gasteiger partial charge in [-0.15, -0.1) is 10.2 Å². The molecule has 0 amide bonds. The van der Waals surface area contributed by atoms with E-state index in [1.807, 2.05) is 11.8 Å². The minimum Gasteiger partial charge on any atom is -0.316 e. The molecule has 0 radical (unpaired) electrons. The highest BCUT2D eigenvalue weighted by molar-refractivity contribution is 7.99. The van der Waals surface area contributed by atoms with Crippen LogP contribution in [0.15, 0.2) is 5.16 Å². The highest BCUT2D eigenvalue weighted by atomic mass is 32.2. The first-order chi connectivity index (χ1) is 10.4. The summed E-state index contributed by atoms with van der Waals surface area (Å²) in [5, 5.41) is 13.5. The van der Waals surface area contributed by atoms with Crippen molar-refractivity contribution in [3.8, 4) is 0 Å². The van der Waals surface area contributed by atoms with Gasteiger partial charge in [0.25, 0.3) is 0 Å². The number of nitrogens with one attached hydrogen (secondary N) is 1. The molecule has 1 N–H and O–H groups in total. The zero-order valence-corrected chi connectivity index (χ0v) is 14.0. The molecule has 1 aliphatic carbocycles. The van der Waals surface area contributed by atoms with Crippen LogP contribution in [-0.4, -0.2) is 33.6 Å². The van der Waals surface area contributed by atoms with Crippen LogP contribution in [0.3, 0.4) is 0 Å². The molecule has 2 heterocycles. The lowest BCUT2D eigenvalue weighted by molar-refractivity contribution is 0.294. The van der Waals surface area contributed by atoms with E-state index in [4.69, 9.17) is 0 Å². The SMILES string of the molecule is CNC(CSc1nnc2n1CCCCC2)C1CCCCC1. The highest BCUT2D eigenvalue weighted by Crippen LogP contribution is 2.30. The summed E-state index contributed by atoms with van der Waals surface area (Å²) in [7, 11) is 2.12. The van der Waals surface area contributed by atoms with E-state index in [1.54, 1.807) is 0 Å². The topological polar surface area (TPSA) is 42.7 Å². The van der Waals surface area contributed by atoms with Crippen LogP contribution >= 0.6 is 11.8 Å². The number of hydrogen-bond donors (Lipinski definition) is 1. The summed E-state index contributed by atoms with van der Waals surface area (Å²) in [6.07, 6.45) is 12.0. The van der Waals surface area contributed by atoms with Gasteiger partial charge >= 0.3 is 0 Å². The van der Waals surface area contributed by atoms with Crippen molar-refractivity contribution < 1.29 is 0 Å². The second-order valence-corrected chi connectivity index (χ2v) is 7.45. The largest absolute Gasteiger partial charge is 0.316 e. The van der Waals surface area contributed by atoms with Gasteiger partial charge in [0.1, 0.15) is 5.82 Å². The Hall–Kier alpha value is -0.550. The number of rotatable bonds is 5. The van der Waals surface area contributed by atoms with Crippen LogP contribution in [0.4, 0.5) is 0 Å². The lowest BCUT2D eigenvalue weighted by Crippen LogP contribution is -2.37. The Morgan fingerprint density at radius 1 is 1.14 bits per heavy atom. The molecule has 0 saturated heterocycles. The molecule has 0 aromatic carbocycles. The van der Waals surface area contributed by atoms with Gasteiger partial charge in [-0.2, -0.15) is 0 Å². The summed E-state index contributed by atoms with van der Waals surface area (Å²) in [6.45, 7) is 1.11. The summed E-state index contributed by atoms with van der Waals surface area (Å²) < 4.78 is 2.37. The van der Waals surface area contributed by atoms with E-state index in [2.05, 4.69) is 27.1 Å². The van der Waals surface area contributed by atoms with E-state index in [-0.39, 0.29) is 0 Å². The third kappa shape index (κ3) is 3.81. The fraction of sp³-hybridized carbons (Fsp3) is 0.875. The molecule has 1 unspecified atom stereocenters. The molecule has 21 heavy (non-hydrogen) atoms. The molecular weight excluding hydrogens is 280 g/mol. The van der Waals surface area contributed by atoms with Crippen LogP contribution in [0.5, 0.6) is 0 Å². The van der Waals surface area contributed by atoms with Crippen molar-refractivity contribution in [2.45, 2.75) is 75.5 Å².